The topological polar surface area (TPSA) is 60.5 Å². The Morgan fingerprint density at radius 2 is 2.16 bits per heavy atom. The maximum absolute atomic E-state index is 11.2. The Bertz CT molecular complexity index is 727. The number of piperidine rings is 2. The van der Waals surface area contributed by atoms with Gasteiger partial charge in [-0.2, -0.15) is 0 Å². The summed E-state index contributed by atoms with van der Waals surface area (Å²) in [5.74, 6) is 0.875. The molecular formula is C20H29N3O2. The number of fused-ring (bicyclic) bond motifs is 2. The number of H-pyrrole nitrogens is 1. The van der Waals surface area contributed by atoms with Gasteiger partial charge in [0.1, 0.15) is 5.75 Å². The third-order valence-electron chi connectivity index (χ3n) is 5.92. The van der Waals surface area contributed by atoms with Gasteiger partial charge in [-0.15, -0.1) is 0 Å². The van der Waals surface area contributed by atoms with E-state index in [4.69, 9.17) is 4.74 Å². The first-order valence-electron chi connectivity index (χ1n) is 9.51. The number of rotatable bonds is 5. The second-order valence-corrected chi connectivity index (χ2v) is 7.61. The van der Waals surface area contributed by atoms with E-state index in [9.17, 15) is 5.11 Å². The number of aromatic nitrogens is 1. The van der Waals surface area contributed by atoms with Crippen LogP contribution in [0.1, 0.15) is 37.8 Å². The zero-order chi connectivity index (χ0) is 17.3. The van der Waals surface area contributed by atoms with Gasteiger partial charge in [-0.3, -0.25) is 4.90 Å². The minimum absolute atomic E-state index is 0.328. The lowest BCUT2D eigenvalue weighted by Crippen LogP contribution is -2.62. The minimum atomic E-state index is -0.589. The lowest BCUT2D eigenvalue weighted by atomic mass is 9.79. The fraction of sp³-hybridized carbons (Fsp3) is 0.600. The van der Waals surface area contributed by atoms with Gasteiger partial charge >= 0.3 is 0 Å². The Balaban J connectivity index is 1.39. The molecule has 3 heterocycles. The summed E-state index contributed by atoms with van der Waals surface area (Å²) in [6, 6.07) is 8.55. The van der Waals surface area contributed by atoms with Crippen LogP contribution in [0.25, 0.3) is 10.9 Å². The normalized spacial score (nSPS) is 27.4. The van der Waals surface area contributed by atoms with Crippen LogP contribution in [0, 0.1) is 0 Å². The fourth-order valence-electron chi connectivity index (χ4n) is 4.63. The van der Waals surface area contributed by atoms with Gasteiger partial charge in [0.2, 0.25) is 0 Å². The largest absolute Gasteiger partial charge is 0.497 e. The zero-order valence-corrected chi connectivity index (χ0v) is 15.1. The molecule has 1 aromatic heterocycles. The number of ether oxygens (including phenoxy) is 1. The van der Waals surface area contributed by atoms with E-state index in [1.54, 1.807) is 7.11 Å². The van der Waals surface area contributed by atoms with Crippen LogP contribution in [0.3, 0.4) is 0 Å². The van der Waals surface area contributed by atoms with Crippen LogP contribution >= 0.6 is 0 Å². The van der Waals surface area contributed by atoms with Crippen molar-refractivity contribution in [1.29, 1.82) is 0 Å². The van der Waals surface area contributed by atoms with Gasteiger partial charge in [0.05, 0.1) is 12.7 Å². The van der Waals surface area contributed by atoms with Crippen molar-refractivity contribution in [2.45, 2.75) is 50.3 Å². The Labute approximate surface area is 149 Å². The van der Waals surface area contributed by atoms with Crippen molar-refractivity contribution in [2.75, 3.05) is 26.7 Å². The molecular weight excluding hydrogens is 314 g/mol. The molecule has 0 unspecified atom stereocenters. The highest BCUT2D eigenvalue weighted by atomic mass is 16.5. The van der Waals surface area contributed by atoms with Gasteiger partial charge in [-0.25, -0.2) is 0 Å². The number of hydrogen-bond donors (Lipinski definition) is 3. The van der Waals surface area contributed by atoms with E-state index in [1.165, 1.54) is 12.8 Å². The van der Waals surface area contributed by atoms with Crippen LogP contribution in [0.2, 0.25) is 0 Å². The molecule has 2 aliphatic heterocycles. The molecule has 3 N–H and O–H groups in total. The molecule has 2 fully saturated rings. The summed E-state index contributed by atoms with van der Waals surface area (Å²) >= 11 is 0. The van der Waals surface area contributed by atoms with E-state index in [2.05, 4.69) is 21.3 Å². The third kappa shape index (κ3) is 3.41. The van der Waals surface area contributed by atoms with E-state index in [0.717, 1.165) is 61.2 Å². The molecule has 25 heavy (non-hydrogen) atoms. The van der Waals surface area contributed by atoms with Crippen molar-refractivity contribution < 1.29 is 9.84 Å². The summed E-state index contributed by atoms with van der Waals surface area (Å²) in [6.45, 7) is 3.70. The summed E-state index contributed by atoms with van der Waals surface area (Å²) in [6.07, 6.45) is 5.65. The van der Waals surface area contributed by atoms with Crippen LogP contribution < -0.4 is 10.1 Å². The zero-order valence-electron chi connectivity index (χ0n) is 15.1. The van der Waals surface area contributed by atoms with Crippen molar-refractivity contribution in [3.05, 3.63) is 30.0 Å². The smallest absolute Gasteiger partial charge is 0.119 e. The summed E-state index contributed by atoms with van der Waals surface area (Å²) in [5, 5.41) is 15.9. The van der Waals surface area contributed by atoms with E-state index >= 15 is 0 Å². The highest BCUT2D eigenvalue weighted by Crippen LogP contribution is 2.33. The lowest BCUT2D eigenvalue weighted by Gasteiger charge is -2.49. The average Bonchev–Trinajstić information content (AvgIpc) is 3.04. The second kappa shape index (κ2) is 6.98. The van der Waals surface area contributed by atoms with Crippen LogP contribution in [-0.2, 0) is 6.54 Å². The maximum atomic E-state index is 11.2. The Hall–Kier alpha value is -1.56. The number of nitrogens with one attached hydrogen (secondary N) is 2. The number of methoxy groups -OCH3 is 1. The summed E-state index contributed by atoms with van der Waals surface area (Å²) in [4.78, 5) is 5.95. The molecule has 2 aliphatic rings. The van der Waals surface area contributed by atoms with Crippen molar-refractivity contribution in [1.82, 2.24) is 15.2 Å². The van der Waals surface area contributed by atoms with Crippen molar-refractivity contribution in [2.24, 2.45) is 0 Å². The van der Waals surface area contributed by atoms with Crippen LogP contribution in [0.15, 0.2) is 24.3 Å². The van der Waals surface area contributed by atoms with E-state index < -0.39 is 5.60 Å². The van der Waals surface area contributed by atoms with Crippen molar-refractivity contribution in [3.8, 4) is 5.75 Å². The number of benzene rings is 1. The molecule has 1 aromatic carbocycles. The number of aromatic amines is 1. The van der Waals surface area contributed by atoms with Crippen molar-refractivity contribution >= 4 is 10.9 Å². The van der Waals surface area contributed by atoms with E-state index in [-0.39, 0.29) is 0 Å². The first kappa shape index (κ1) is 16.9. The summed E-state index contributed by atoms with van der Waals surface area (Å²) < 4.78 is 5.29. The highest BCUT2D eigenvalue weighted by Gasteiger charge is 2.43. The van der Waals surface area contributed by atoms with Crippen molar-refractivity contribution in [3.63, 3.8) is 0 Å². The predicted molar refractivity (Wildman–Crippen MR) is 100.0 cm³/mol. The minimum Gasteiger partial charge on any atom is -0.497 e. The Morgan fingerprint density at radius 1 is 1.28 bits per heavy atom. The molecule has 0 aliphatic carbocycles. The quantitative estimate of drug-likeness (QED) is 0.781. The van der Waals surface area contributed by atoms with E-state index in [1.807, 2.05) is 18.2 Å². The fourth-order valence-corrected chi connectivity index (χ4v) is 4.63. The number of nitrogens with zero attached hydrogens (tertiary/aromatic N) is 1. The second-order valence-electron chi connectivity index (χ2n) is 7.61. The lowest BCUT2D eigenvalue weighted by molar-refractivity contribution is -0.0919. The van der Waals surface area contributed by atoms with Crippen LogP contribution in [0.4, 0.5) is 0 Å². The predicted octanol–water partition coefficient (Wildman–Crippen LogP) is 2.65. The van der Waals surface area contributed by atoms with Gasteiger partial charge in [0.15, 0.2) is 0 Å². The molecule has 0 spiro atoms. The maximum Gasteiger partial charge on any atom is 0.119 e. The molecule has 5 heteroatoms. The SMILES string of the molecule is COc1ccc2[nH]c(CNC[C@]3(O)CCCN4CCCC[C@@H]43)cc2c1. The Kier molecular flexibility index (Phi) is 4.71. The van der Waals surface area contributed by atoms with Crippen LogP contribution in [0.5, 0.6) is 5.75 Å². The van der Waals surface area contributed by atoms with Gasteiger partial charge in [-0.1, -0.05) is 6.42 Å². The van der Waals surface area contributed by atoms with E-state index in [0.29, 0.717) is 12.6 Å². The van der Waals surface area contributed by atoms with Crippen LogP contribution in [-0.4, -0.2) is 53.4 Å². The van der Waals surface area contributed by atoms with Gasteiger partial charge < -0.3 is 20.1 Å². The van der Waals surface area contributed by atoms with Gasteiger partial charge in [0.25, 0.3) is 0 Å². The summed E-state index contributed by atoms with van der Waals surface area (Å²) in [5.41, 5.74) is 1.67. The molecule has 0 amide bonds. The molecule has 2 aromatic rings. The van der Waals surface area contributed by atoms with Gasteiger partial charge in [-0.05, 0) is 63.0 Å². The molecule has 0 saturated carbocycles. The molecule has 2 atom stereocenters. The molecule has 2 saturated heterocycles. The average molecular weight is 343 g/mol. The molecule has 5 nitrogen and oxygen atoms in total. The molecule has 136 valence electrons. The summed E-state index contributed by atoms with van der Waals surface area (Å²) in [7, 11) is 1.69. The number of hydrogen-bond acceptors (Lipinski definition) is 4. The third-order valence-corrected chi connectivity index (χ3v) is 5.92. The standard InChI is InChI=1S/C20H29N3O2/c1-25-17-6-7-18-15(12-17)11-16(22-18)13-21-14-20(24)8-4-10-23-9-3-2-5-19(20)23/h6-7,11-12,19,21-22,24H,2-5,8-10,13-14H2,1H3/t19-,20-/m1/s1. The highest BCUT2D eigenvalue weighted by molar-refractivity contribution is 5.81. The monoisotopic (exact) mass is 343 g/mol. The molecule has 0 bridgehead atoms. The first-order chi connectivity index (χ1) is 12.2. The number of aliphatic hydroxyl groups is 1. The molecule has 0 radical (unpaired) electrons. The first-order valence-corrected chi connectivity index (χ1v) is 9.51. The molecule has 4 rings (SSSR count). The van der Waals surface area contributed by atoms with Gasteiger partial charge in [0, 0.05) is 35.7 Å². The Morgan fingerprint density at radius 3 is 3.04 bits per heavy atom.